The van der Waals surface area contributed by atoms with Crippen molar-refractivity contribution in [1.29, 1.82) is 5.41 Å². The fourth-order valence-corrected chi connectivity index (χ4v) is 3.01. The number of nitrogens with zero attached hydrogens (tertiary/aromatic N) is 1. The molecule has 0 aliphatic heterocycles. The molecule has 0 bridgehead atoms. The molecule has 0 spiro atoms. The van der Waals surface area contributed by atoms with Gasteiger partial charge in [0.25, 0.3) is 0 Å². The first kappa shape index (κ1) is 15.6. The standard InChI is InChI=1S/C17H14Cl2N4/c1-21-17(15-8-22-9-23-15)13-4-2-3-12(16(13)20)11-6-5-10(18)7-14(11)19/h2-9,20-21H,1H3,(H,22,23)/b17-13-,20-16?. The number of allylic oxidation sites excluding steroid dienone is 5. The number of hydrogen-bond donors (Lipinski definition) is 3. The average molecular weight is 345 g/mol. The van der Waals surface area contributed by atoms with Gasteiger partial charge in [-0.05, 0) is 12.1 Å². The predicted octanol–water partition coefficient (Wildman–Crippen LogP) is 4.32. The van der Waals surface area contributed by atoms with Gasteiger partial charge < -0.3 is 10.3 Å². The van der Waals surface area contributed by atoms with E-state index in [1.54, 1.807) is 24.7 Å². The van der Waals surface area contributed by atoms with E-state index < -0.39 is 0 Å². The first-order chi connectivity index (χ1) is 11.1. The number of aromatic amines is 1. The van der Waals surface area contributed by atoms with Gasteiger partial charge in [0.1, 0.15) is 0 Å². The summed E-state index contributed by atoms with van der Waals surface area (Å²) in [5.41, 5.74) is 4.30. The first-order valence-electron chi connectivity index (χ1n) is 6.95. The summed E-state index contributed by atoms with van der Waals surface area (Å²) in [5, 5.41) is 12.8. The number of benzene rings is 1. The molecule has 116 valence electrons. The summed E-state index contributed by atoms with van der Waals surface area (Å²) in [6.07, 6.45) is 8.99. The second kappa shape index (κ2) is 6.44. The highest BCUT2D eigenvalue weighted by atomic mass is 35.5. The Hall–Kier alpha value is -2.30. The number of halogens is 2. The minimum atomic E-state index is 0.385. The maximum absolute atomic E-state index is 8.58. The van der Waals surface area contributed by atoms with Crippen molar-refractivity contribution in [3.63, 3.8) is 0 Å². The summed E-state index contributed by atoms with van der Waals surface area (Å²) in [6.45, 7) is 0. The zero-order valence-corrected chi connectivity index (χ0v) is 13.8. The summed E-state index contributed by atoms with van der Waals surface area (Å²) < 4.78 is 0. The van der Waals surface area contributed by atoms with E-state index in [0.717, 1.165) is 28.1 Å². The maximum atomic E-state index is 8.58. The Morgan fingerprint density at radius 2 is 2.13 bits per heavy atom. The van der Waals surface area contributed by atoms with Crippen LogP contribution in [0.25, 0.3) is 11.3 Å². The van der Waals surface area contributed by atoms with Gasteiger partial charge in [0, 0.05) is 33.8 Å². The Bertz CT molecular complexity index is 845. The largest absolute Gasteiger partial charge is 0.386 e. The molecular formula is C17H14Cl2N4. The lowest BCUT2D eigenvalue weighted by Crippen LogP contribution is -2.15. The molecule has 1 aromatic carbocycles. The smallest absolute Gasteiger partial charge is 0.0924 e. The zero-order chi connectivity index (χ0) is 16.4. The molecule has 4 nitrogen and oxygen atoms in total. The highest BCUT2D eigenvalue weighted by molar-refractivity contribution is 6.40. The van der Waals surface area contributed by atoms with E-state index in [1.165, 1.54) is 0 Å². The normalized spacial score (nSPS) is 16.3. The van der Waals surface area contributed by atoms with Gasteiger partial charge >= 0.3 is 0 Å². The van der Waals surface area contributed by atoms with E-state index in [9.17, 15) is 0 Å². The van der Waals surface area contributed by atoms with Crippen LogP contribution in [0.5, 0.6) is 0 Å². The first-order valence-corrected chi connectivity index (χ1v) is 7.71. The van der Waals surface area contributed by atoms with E-state index in [1.807, 2.05) is 31.3 Å². The molecule has 0 saturated heterocycles. The molecule has 1 aliphatic rings. The highest BCUT2D eigenvalue weighted by Gasteiger charge is 2.20. The van der Waals surface area contributed by atoms with Crippen LogP contribution in [0.1, 0.15) is 11.3 Å². The van der Waals surface area contributed by atoms with Crippen molar-refractivity contribution >= 4 is 40.2 Å². The summed E-state index contributed by atoms with van der Waals surface area (Å²) in [4.78, 5) is 7.09. The molecule has 1 heterocycles. The predicted molar refractivity (Wildman–Crippen MR) is 95.9 cm³/mol. The van der Waals surface area contributed by atoms with E-state index >= 15 is 0 Å². The molecule has 2 aromatic rings. The lowest BCUT2D eigenvalue weighted by Gasteiger charge is -2.18. The van der Waals surface area contributed by atoms with Crippen LogP contribution in [0.15, 0.2) is 54.5 Å². The fourth-order valence-electron chi connectivity index (χ4n) is 2.50. The monoisotopic (exact) mass is 344 g/mol. The molecule has 0 unspecified atom stereocenters. The lowest BCUT2D eigenvalue weighted by atomic mass is 9.90. The molecule has 0 saturated carbocycles. The van der Waals surface area contributed by atoms with Crippen molar-refractivity contribution in [3.8, 4) is 0 Å². The summed E-state index contributed by atoms with van der Waals surface area (Å²) in [6, 6.07) is 5.28. The Morgan fingerprint density at radius 3 is 2.78 bits per heavy atom. The van der Waals surface area contributed by atoms with E-state index in [2.05, 4.69) is 15.3 Å². The van der Waals surface area contributed by atoms with Crippen molar-refractivity contribution in [3.05, 3.63) is 75.8 Å². The number of aromatic nitrogens is 2. The van der Waals surface area contributed by atoms with Crippen LogP contribution in [0, 0.1) is 5.41 Å². The number of rotatable bonds is 3. The maximum Gasteiger partial charge on any atom is 0.0924 e. The quantitative estimate of drug-likeness (QED) is 0.776. The van der Waals surface area contributed by atoms with Crippen LogP contribution >= 0.6 is 23.2 Å². The van der Waals surface area contributed by atoms with E-state index in [4.69, 9.17) is 28.6 Å². The van der Waals surface area contributed by atoms with Crippen LogP contribution < -0.4 is 5.32 Å². The molecule has 23 heavy (non-hydrogen) atoms. The second-order valence-corrected chi connectivity index (χ2v) is 5.79. The third kappa shape index (κ3) is 2.96. The van der Waals surface area contributed by atoms with Crippen molar-refractivity contribution in [2.45, 2.75) is 0 Å². The van der Waals surface area contributed by atoms with Gasteiger partial charge in [-0.15, -0.1) is 0 Å². The van der Waals surface area contributed by atoms with Gasteiger partial charge in [-0.25, -0.2) is 4.98 Å². The SMILES string of the molecule is CN/C(=C1/C=CC=C(c2ccc(Cl)cc2Cl)C1=N)c1cnc[nH]1. The summed E-state index contributed by atoms with van der Waals surface area (Å²) >= 11 is 12.3. The third-order valence-electron chi connectivity index (χ3n) is 3.57. The zero-order valence-electron chi connectivity index (χ0n) is 12.3. The van der Waals surface area contributed by atoms with Gasteiger partial charge in [0.15, 0.2) is 0 Å². The van der Waals surface area contributed by atoms with Crippen LogP contribution in [0.2, 0.25) is 10.0 Å². The van der Waals surface area contributed by atoms with Crippen LogP contribution in [-0.2, 0) is 0 Å². The van der Waals surface area contributed by atoms with Crippen molar-refractivity contribution in [2.24, 2.45) is 0 Å². The van der Waals surface area contributed by atoms with Gasteiger partial charge in [-0.3, -0.25) is 5.41 Å². The Morgan fingerprint density at radius 1 is 1.30 bits per heavy atom. The minimum Gasteiger partial charge on any atom is -0.386 e. The van der Waals surface area contributed by atoms with Crippen molar-refractivity contribution in [2.75, 3.05) is 7.05 Å². The minimum absolute atomic E-state index is 0.385. The van der Waals surface area contributed by atoms with Crippen molar-refractivity contribution in [1.82, 2.24) is 15.3 Å². The average Bonchev–Trinajstić information content (AvgIpc) is 3.04. The molecule has 1 aromatic heterocycles. The second-order valence-electron chi connectivity index (χ2n) is 4.94. The fraction of sp³-hybridized carbons (Fsp3) is 0.0588. The summed E-state index contributed by atoms with van der Waals surface area (Å²) in [7, 11) is 1.82. The molecule has 6 heteroatoms. The van der Waals surface area contributed by atoms with E-state index in [0.29, 0.717) is 15.8 Å². The Kier molecular flexibility index (Phi) is 4.37. The van der Waals surface area contributed by atoms with Gasteiger partial charge in [-0.1, -0.05) is 47.5 Å². The number of H-pyrrole nitrogens is 1. The topological polar surface area (TPSA) is 64.6 Å². The third-order valence-corrected chi connectivity index (χ3v) is 4.12. The van der Waals surface area contributed by atoms with E-state index in [-0.39, 0.29) is 0 Å². The molecule has 0 amide bonds. The van der Waals surface area contributed by atoms with Crippen LogP contribution in [-0.4, -0.2) is 22.7 Å². The molecule has 0 fully saturated rings. The van der Waals surface area contributed by atoms with Gasteiger partial charge in [0.2, 0.25) is 0 Å². The number of nitrogens with one attached hydrogen (secondary N) is 3. The number of imidazole rings is 1. The molecule has 1 aliphatic carbocycles. The van der Waals surface area contributed by atoms with Gasteiger partial charge in [0.05, 0.1) is 29.6 Å². The Balaban J connectivity index is 2.08. The van der Waals surface area contributed by atoms with Crippen LogP contribution in [0.4, 0.5) is 0 Å². The summed E-state index contributed by atoms with van der Waals surface area (Å²) in [5.74, 6) is 0. The molecule has 3 rings (SSSR count). The molecule has 3 N–H and O–H groups in total. The molecular weight excluding hydrogens is 331 g/mol. The molecule has 0 radical (unpaired) electrons. The lowest BCUT2D eigenvalue weighted by molar-refractivity contribution is 1.10. The van der Waals surface area contributed by atoms with Gasteiger partial charge in [-0.2, -0.15) is 0 Å². The molecule has 0 atom stereocenters. The highest BCUT2D eigenvalue weighted by Crippen LogP contribution is 2.32. The van der Waals surface area contributed by atoms with Crippen molar-refractivity contribution < 1.29 is 0 Å². The van der Waals surface area contributed by atoms with Crippen LogP contribution in [0.3, 0.4) is 0 Å². The Labute approximate surface area is 144 Å². The number of hydrogen-bond acceptors (Lipinski definition) is 3.